The van der Waals surface area contributed by atoms with Crippen LogP contribution in [0.2, 0.25) is 0 Å². The normalized spacial score (nSPS) is 32.3. The van der Waals surface area contributed by atoms with Crippen LogP contribution in [0.15, 0.2) is 42.5 Å². The highest BCUT2D eigenvalue weighted by Crippen LogP contribution is 2.51. The van der Waals surface area contributed by atoms with Gasteiger partial charge in [0.1, 0.15) is 0 Å². The third-order valence-corrected chi connectivity index (χ3v) is 9.54. The van der Waals surface area contributed by atoms with E-state index < -0.39 is 11.6 Å². The van der Waals surface area contributed by atoms with Gasteiger partial charge in [0.25, 0.3) is 0 Å². The van der Waals surface area contributed by atoms with Crippen LogP contribution in [-0.2, 0) is 0 Å². The van der Waals surface area contributed by atoms with Crippen molar-refractivity contribution < 1.29 is 8.78 Å². The van der Waals surface area contributed by atoms with Crippen molar-refractivity contribution in [2.45, 2.75) is 89.9 Å². The summed E-state index contributed by atoms with van der Waals surface area (Å²) in [6, 6.07) is 12.8. The fourth-order valence-corrected chi connectivity index (χ4v) is 7.64. The van der Waals surface area contributed by atoms with E-state index in [1.165, 1.54) is 94.7 Å². The molecule has 178 valence electrons. The van der Waals surface area contributed by atoms with Gasteiger partial charge in [0.2, 0.25) is 0 Å². The molecule has 2 aromatic rings. The van der Waals surface area contributed by atoms with E-state index in [4.69, 9.17) is 0 Å². The number of rotatable bonds is 5. The summed E-state index contributed by atoms with van der Waals surface area (Å²) in [6.45, 7) is 2.34. The first kappa shape index (κ1) is 23.1. The van der Waals surface area contributed by atoms with Crippen molar-refractivity contribution >= 4 is 0 Å². The maximum absolute atomic E-state index is 13.6. The lowest BCUT2D eigenvalue weighted by Crippen LogP contribution is -2.34. The van der Waals surface area contributed by atoms with Gasteiger partial charge < -0.3 is 0 Å². The second-order valence-corrected chi connectivity index (χ2v) is 11.4. The Morgan fingerprint density at radius 2 is 1.24 bits per heavy atom. The van der Waals surface area contributed by atoms with Crippen molar-refractivity contribution in [3.05, 3.63) is 59.7 Å². The average molecular weight is 451 g/mol. The van der Waals surface area contributed by atoms with Crippen molar-refractivity contribution in [2.75, 3.05) is 0 Å². The lowest BCUT2D eigenvalue weighted by Gasteiger charge is -2.45. The Hall–Kier alpha value is -1.70. The van der Waals surface area contributed by atoms with Crippen LogP contribution >= 0.6 is 0 Å². The zero-order chi connectivity index (χ0) is 22.8. The van der Waals surface area contributed by atoms with Gasteiger partial charge in [0.05, 0.1) is 0 Å². The molecule has 33 heavy (non-hydrogen) atoms. The second-order valence-electron chi connectivity index (χ2n) is 11.4. The summed E-state index contributed by atoms with van der Waals surface area (Å²) in [5.41, 5.74) is 3.13. The summed E-state index contributed by atoms with van der Waals surface area (Å²) < 4.78 is 26.9. The standard InChI is InChI=1S/C31H40F2/c1-2-3-21-4-6-22(7-5-21)25-12-14-28-19-26(13-15-27(28)18-25)23-8-10-24(11-9-23)29-16-17-30(32)31(33)20-29/h8-11,16-17,20-22,25-28H,2-7,12-15,18-19H2,1H3. The van der Waals surface area contributed by atoms with Gasteiger partial charge in [-0.25, -0.2) is 8.78 Å². The van der Waals surface area contributed by atoms with Crippen LogP contribution in [0.1, 0.15) is 95.5 Å². The number of benzene rings is 2. The van der Waals surface area contributed by atoms with E-state index in [0.717, 1.165) is 40.7 Å². The Kier molecular flexibility index (Phi) is 7.18. The van der Waals surface area contributed by atoms with Crippen LogP contribution in [0.25, 0.3) is 11.1 Å². The number of halogens is 2. The van der Waals surface area contributed by atoms with E-state index in [1.807, 2.05) is 0 Å². The first-order valence-electron chi connectivity index (χ1n) is 13.7. The van der Waals surface area contributed by atoms with Gasteiger partial charge in [-0.2, -0.15) is 0 Å². The number of fused-ring (bicyclic) bond motifs is 1. The summed E-state index contributed by atoms with van der Waals surface area (Å²) in [5, 5.41) is 0. The van der Waals surface area contributed by atoms with E-state index in [1.54, 1.807) is 6.07 Å². The maximum Gasteiger partial charge on any atom is 0.159 e. The van der Waals surface area contributed by atoms with Crippen LogP contribution in [0, 0.1) is 41.2 Å². The molecule has 3 aliphatic carbocycles. The first-order valence-corrected chi connectivity index (χ1v) is 13.7. The lowest BCUT2D eigenvalue weighted by atomic mass is 9.60. The van der Waals surface area contributed by atoms with Gasteiger partial charge in [0.15, 0.2) is 11.6 Å². The lowest BCUT2D eigenvalue weighted by molar-refractivity contribution is 0.0712. The molecule has 0 aromatic heterocycles. The molecule has 4 atom stereocenters. The van der Waals surface area contributed by atoms with Gasteiger partial charge in [-0.1, -0.05) is 62.9 Å². The second kappa shape index (κ2) is 10.3. The molecule has 2 heteroatoms. The van der Waals surface area contributed by atoms with Gasteiger partial charge in [-0.15, -0.1) is 0 Å². The first-order chi connectivity index (χ1) is 16.1. The third-order valence-electron chi connectivity index (χ3n) is 9.54. The predicted octanol–water partition coefficient (Wildman–Crippen LogP) is 9.54. The summed E-state index contributed by atoms with van der Waals surface area (Å²) in [7, 11) is 0. The molecule has 0 radical (unpaired) electrons. The molecule has 0 amide bonds. The Balaban J connectivity index is 1.16. The summed E-state index contributed by atoms with van der Waals surface area (Å²) in [6.07, 6.45) is 17.2. The predicted molar refractivity (Wildman–Crippen MR) is 133 cm³/mol. The van der Waals surface area contributed by atoms with Crippen LogP contribution in [0.3, 0.4) is 0 Å². The van der Waals surface area contributed by atoms with Crippen molar-refractivity contribution in [2.24, 2.45) is 29.6 Å². The minimum Gasteiger partial charge on any atom is -0.204 e. The monoisotopic (exact) mass is 450 g/mol. The highest BCUT2D eigenvalue weighted by Gasteiger charge is 2.39. The quantitative estimate of drug-likeness (QED) is 0.425. The molecule has 4 unspecified atom stereocenters. The molecule has 0 heterocycles. The largest absolute Gasteiger partial charge is 0.204 e. The number of hydrogen-bond acceptors (Lipinski definition) is 0. The van der Waals surface area contributed by atoms with Gasteiger partial charge >= 0.3 is 0 Å². The molecule has 0 saturated heterocycles. The molecule has 0 spiro atoms. The molecule has 2 aromatic carbocycles. The highest BCUT2D eigenvalue weighted by molar-refractivity contribution is 5.63. The molecule has 0 nitrogen and oxygen atoms in total. The van der Waals surface area contributed by atoms with Crippen molar-refractivity contribution in [1.29, 1.82) is 0 Å². The third kappa shape index (κ3) is 5.20. The zero-order valence-corrected chi connectivity index (χ0v) is 20.2. The number of hydrogen-bond donors (Lipinski definition) is 0. The Labute approximate surface area is 199 Å². The fourth-order valence-electron chi connectivity index (χ4n) is 7.64. The molecule has 5 rings (SSSR count). The van der Waals surface area contributed by atoms with E-state index in [-0.39, 0.29) is 0 Å². The zero-order valence-electron chi connectivity index (χ0n) is 20.2. The SMILES string of the molecule is CCCC1CCC(C2CCC3CC(c4ccc(-c5ccc(F)c(F)c5)cc4)CCC3C2)CC1. The summed E-state index contributed by atoms with van der Waals surface area (Å²) >= 11 is 0. The minimum absolute atomic E-state index is 0.659. The maximum atomic E-state index is 13.6. The van der Waals surface area contributed by atoms with Crippen LogP contribution < -0.4 is 0 Å². The van der Waals surface area contributed by atoms with Gasteiger partial charge in [0, 0.05) is 0 Å². The molecule has 0 aliphatic heterocycles. The van der Waals surface area contributed by atoms with Gasteiger partial charge in [-0.05, 0) is 116 Å². The Bertz CT molecular complexity index is 909. The summed E-state index contributed by atoms with van der Waals surface area (Å²) in [5.74, 6) is 3.99. The summed E-state index contributed by atoms with van der Waals surface area (Å²) in [4.78, 5) is 0. The van der Waals surface area contributed by atoms with E-state index in [2.05, 4.69) is 31.2 Å². The molecule has 0 N–H and O–H groups in total. The van der Waals surface area contributed by atoms with E-state index in [9.17, 15) is 8.78 Å². The van der Waals surface area contributed by atoms with Crippen LogP contribution in [-0.4, -0.2) is 0 Å². The van der Waals surface area contributed by atoms with Crippen molar-refractivity contribution in [3.8, 4) is 11.1 Å². The topological polar surface area (TPSA) is 0 Å². The minimum atomic E-state index is -0.786. The molecule has 3 saturated carbocycles. The van der Waals surface area contributed by atoms with Crippen LogP contribution in [0.4, 0.5) is 8.78 Å². The molecule has 3 aliphatic rings. The van der Waals surface area contributed by atoms with Crippen molar-refractivity contribution in [1.82, 2.24) is 0 Å². The smallest absolute Gasteiger partial charge is 0.159 e. The fraction of sp³-hybridized carbons (Fsp3) is 0.613. The van der Waals surface area contributed by atoms with Gasteiger partial charge in [-0.3, -0.25) is 0 Å². The molecular weight excluding hydrogens is 410 g/mol. The highest BCUT2D eigenvalue weighted by atomic mass is 19.2. The molecule has 3 fully saturated rings. The molecular formula is C31H40F2. The molecule has 0 bridgehead atoms. The van der Waals surface area contributed by atoms with Crippen LogP contribution in [0.5, 0.6) is 0 Å². The Morgan fingerprint density at radius 1 is 0.636 bits per heavy atom. The Morgan fingerprint density at radius 3 is 1.94 bits per heavy atom. The van der Waals surface area contributed by atoms with E-state index in [0.29, 0.717) is 5.92 Å². The van der Waals surface area contributed by atoms with E-state index >= 15 is 0 Å². The van der Waals surface area contributed by atoms with Crippen molar-refractivity contribution in [3.63, 3.8) is 0 Å². The average Bonchev–Trinajstić information content (AvgIpc) is 2.86.